The second-order valence-corrected chi connectivity index (χ2v) is 6.85. The number of thiazole rings is 1. The molecule has 1 N–H and O–H groups in total. The lowest BCUT2D eigenvalue weighted by Crippen LogP contribution is -2.18. The molecule has 114 valence electrons. The molecule has 21 heavy (non-hydrogen) atoms. The van der Waals surface area contributed by atoms with Crippen molar-refractivity contribution in [3.05, 3.63) is 38.3 Å². The maximum Gasteiger partial charge on any atom is 0.174 e. The Balaban J connectivity index is 2.08. The van der Waals surface area contributed by atoms with Gasteiger partial charge in [0.2, 0.25) is 0 Å². The molecule has 0 saturated heterocycles. The molecule has 1 aromatic heterocycles. The van der Waals surface area contributed by atoms with Gasteiger partial charge < -0.3 is 14.8 Å². The van der Waals surface area contributed by atoms with Crippen molar-refractivity contribution in [2.75, 3.05) is 14.2 Å². The molecule has 1 aromatic carbocycles. The summed E-state index contributed by atoms with van der Waals surface area (Å²) in [6.07, 6.45) is 1.91. The molecule has 1 heterocycles. The molecular weight excluding hydrogens is 352 g/mol. The Hall–Kier alpha value is -1.11. The van der Waals surface area contributed by atoms with Crippen LogP contribution in [0.3, 0.4) is 0 Å². The molecule has 0 aliphatic heterocycles. The van der Waals surface area contributed by atoms with E-state index in [9.17, 15) is 0 Å². The highest BCUT2D eigenvalue weighted by Gasteiger charge is 2.12. The van der Waals surface area contributed by atoms with E-state index in [0.717, 1.165) is 27.3 Å². The number of nitrogens with zero attached hydrogens (tertiary/aromatic N) is 1. The first-order valence-electron chi connectivity index (χ1n) is 6.61. The first kappa shape index (κ1) is 16.3. The number of halogens is 1. The van der Waals surface area contributed by atoms with Gasteiger partial charge in [0.05, 0.1) is 24.7 Å². The van der Waals surface area contributed by atoms with Gasteiger partial charge in [-0.15, -0.1) is 11.3 Å². The summed E-state index contributed by atoms with van der Waals surface area (Å²) in [6.45, 7) is 4.92. The van der Waals surface area contributed by atoms with Crippen LogP contribution in [0.4, 0.5) is 0 Å². The standard InChI is InChI=1S/C15H19BrN2O2S/c1-9-7-18-15(21-9)10(2)17-8-11-5-12(16)14(20-4)13(6-11)19-3/h5-7,10,17H,8H2,1-4H3. The minimum Gasteiger partial charge on any atom is -0.493 e. The molecule has 0 bridgehead atoms. The first-order chi connectivity index (χ1) is 10.0. The fourth-order valence-electron chi connectivity index (χ4n) is 2.00. The van der Waals surface area contributed by atoms with E-state index in [0.29, 0.717) is 5.75 Å². The van der Waals surface area contributed by atoms with E-state index in [2.05, 4.69) is 40.1 Å². The molecule has 0 spiro atoms. The lowest BCUT2D eigenvalue weighted by Gasteiger charge is -2.14. The number of hydrogen-bond acceptors (Lipinski definition) is 5. The number of methoxy groups -OCH3 is 2. The van der Waals surface area contributed by atoms with Crippen LogP contribution in [-0.4, -0.2) is 19.2 Å². The average molecular weight is 371 g/mol. The van der Waals surface area contributed by atoms with Gasteiger partial charge in [-0.3, -0.25) is 0 Å². The quantitative estimate of drug-likeness (QED) is 0.831. The van der Waals surface area contributed by atoms with E-state index in [1.807, 2.05) is 18.3 Å². The summed E-state index contributed by atoms with van der Waals surface area (Å²) in [5, 5.41) is 4.58. The number of aryl methyl sites for hydroxylation is 1. The maximum absolute atomic E-state index is 5.36. The first-order valence-corrected chi connectivity index (χ1v) is 8.22. The van der Waals surface area contributed by atoms with Gasteiger partial charge in [0.25, 0.3) is 0 Å². The van der Waals surface area contributed by atoms with E-state index in [-0.39, 0.29) is 6.04 Å². The molecule has 0 fully saturated rings. The normalized spacial score (nSPS) is 12.2. The molecule has 4 nitrogen and oxygen atoms in total. The van der Waals surface area contributed by atoms with Crippen LogP contribution in [0.5, 0.6) is 11.5 Å². The van der Waals surface area contributed by atoms with Crippen LogP contribution in [-0.2, 0) is 6.54 Å². The number of aromatic nitrogens is 1. The Bertz CT molecular complexity index is 616. The van der Waals surface area contributed by atoms with Gasteiger partial charge in [0, 0.05) is 17.6 Å². The van der Waals surface area contributed by atoms with Crippen LogP contribution < -0.4 is 14.8 Å². The average Bonchev–Trinajstić information content (AvgIpc) is 2.90. The zero-order valence-corrected chi connectivity index (χ0v) is 15.0. The Labute approximate surface area is 137 Å². The number of rotatable bonds is 6. The molecule has 2 aromatic rings. The van der Waals surface area contributed by atoms with Crippen molar-refractivity contribution in [3.8, 4) is 11.5 Å². The highest BCUT2D eigenvalue weighted by Crippen LogP contribution is 2.36. The molecule has 2 rings (SSSR count). The summed E-state index contributed by atoms with van der Waals surface area (Å²) < 4.78 is 11.6. The van der Waals surface area contributed by atoms with Crippen LogP contribution in [0.25, 0.3) is 0 Å². The fraction of sp³-hybridized carbons (Fsp3) is 0.400. The van der Waals surface area contributed by atoms with E-state index in [4.69, 9.17) is 9.47 Å². The SMILES string of the molecule is COc1cc(CNC(C)c2ncc(C)s2)cc(Br)c1OC. The van der Waals surface area contributed by atoms with Crippen molar-refractivity contribution in [2.24, 2.45) is 0 Å². The summed E-state index contributed by atoms with van der Waals surface area (Å²) in [5.41, 5.74) is 1.12. The topological polar surface area (TPSA) is 43.4 Å². The van der Waals surface area contributed by atoms with Gasteiger partial charge in [0.15, 0.2) is 11.5 Å². The summed E-state index contributed by atoms with van der Waals surface area (Å²) >= 11 is 5.23. The summed E-state index contributed by atoms with van der Waals surface area (Å²) in [5.74, 6) is 1.44. The van der Waals surface area contributed by atoms with Gasteiger partial charge in [-0.25, -0.2) is 4.98 Å². The summed E-state index contributed by atoms with van der Waals surface area (Å²) in [7, 11) is 3.27. The molecule has 0 amide bonds. The summed E-state index contributed by atoms with van der Waals surface area (Å²) in [4.78, 5) is 5.64. The number of ether oxygens (including phenoxy) is 2. The van der Waals surface area contributed by atoms with Crippen LogP contribution in [0.15, 0.2) is 22.8 Å². The monoisotopic (exact) mass is 370 g/mol. The zero-order chi connectivity index (χ0) is 15.4. The van der Waals surface area contributed by atoms with Crippen molar-refractivity contribution in [3.63, 3.8) is 0 Å². The van der Waals surface area contributed by atoms with Crippen LogP contribution >= 0.6 is 27.3 Å². The van der Waals surface area contributed by atoms with Gasteiger partial charge in [-0.1, -0.05) is 0 Å². The van der Waals surface area contributed by atoms with Crippen molar-refractivity contribution in [1.29, 1.82) is 0 Å². The summed E-state index contributed by atoms with van der Waals surface area (Å²) in [6, 6.07) is 4.24. The van der Waals surface area contributed by atoms with Crippen molar-refractivity contribution >= 4 is 27.3 Å². The van der Waals surface area contributed by atoms with Gasteiger partial charge in [0.1, 0.15) is 5.01 Å². The van der Waals surface area contributed by atoms with E-state index in [1.165, 1.54) is 4.88 Å². The predicted molar refractivity (Wildman–Crippen MR) is 89.4 cm³/mol. The minimum absolute atomic E-state index is 0.218. The molecule has 0 radical (unpaired) electrons. The Kier molecular flexibility index (Phi) is 5.61. The third kappa shape index (κ3) is 3.96. The molecule has 1 unspecified atom stereocenters. The highest BCUT2D eigenvalue weighted by molar-refractivity contribution is 9.10. The lowest BCUT2D eigenvalue weighted by molar-refractivity contribution is 0.352. The molecule has 0 saturated carbocycles. The second kappa shape index (κ2) is 7.24. The van der Waals surface area contributed by atoms with Crippen LogP contribution in [0, 0.1) is 6.92 Å². The second-order valence-electron chi connectivity index (χ2n) is 4.72. The van der Waals surface area contributed by atoms with Crippen molar-refractivity contribution in [2.45, 2.75) is 26.4 Å². The van der Waals surface area contributed by atoms with E-state index >= 15 is 0 Å². The fourth-order valence-corrected chi connectivity index (χ4v) is 3.46. The Morgan fingerprint density at radius 2 is 2.10 bits per heavy atom. The van der Waals surface area contributed by atoms with Crippen LogP contribution in [0.2, 0.25) is 0 Å². The smallest absolute Gasteiger partial charge is 0.174 e. The molecule has 0 aliphatic carbocycles. The largest absolute Gasteiger partial charge is 0.493 e. The number of hydrogen-bond donors (Lipinski definition) is 1. The predicted octanol–water partition coefficient (Wildman–Crippen LogP) is 4.08. The van der Waals surface area contributed by atoms with Crippen LogP contribution in [0.1, 0.15) is 28.4 Å². The van der Waals surface area contributed by atoms with Crippen molar-refractivity contribution in [1.82, 2.24) is 10.3 Å². The lowest BCUT2D eigenvalue weighted by atomic mass is 10.2. The molecule has 6 heteroatoms. The van der Waals surface area contributed by atoms with E-state index < -0.39 is 0 Å². The third-order valence-electron chi connectivity index (χ3n) is 3.12. The van der Waals surface area contributed by atoms with E-state index in [1.54, 1.807) is 25.6 Å². The molecular formula is C15H19BrN2O2S. The van der Waals surface area contributed by atoms with Gasteiger partial charge >= 0.3 is 0 Å². The number of benzene rings is 1. The molecule has 0 aliphatic rings. The Morgan fingerprint density at radius 1 is 1.33 bits per heavy atom. The van der Waals surface area contributed by atoms with Crippen molar-refractivity contribution < 1.29 is 9.47 Å². The Morgan fingerprint density at radius 3 is 2.67 bits per heavy atom. The third-order valence-corrected chi connectivity index (χ3v) is 4.80. The molecule has 1 atom stereocenters. The minimum atomic E-state index is 0.218. The van der Waals surface area contributed by atoms with Gasteiger partial charge in [-0.2, -0.15) is 0 Å². The number of nitrogens with one attached hydrogen (secondary N) is 1. The zero-order valence-electron chi connectivity index (χ0n) is 12.6. The maximum atomic E-state index is 5.36. The van der Waals surface area contributed by atoms with Gasteiger partial charge in [-0.05, 0) is 47.5 Å². The highest BCUT2D eigenvalue weighted by atomic mass is 79.9.